The number of nitrogens with one attached hydrogen (secondary N) is 1. The number of rotatable bonds is 6. The smallest absolute Gasteiger partial charge is 0.255 e. The van der Waals surface area contributed by atoms with E-state index >= 15 is 0 Å². The van der Waals surface area contributed by atoms with E-state index in [1.54, 1.807) is 12.1 Å². The summed E-state index contributed by atoms with van der Waals surface area (Å²) in [6.45, 7) is 13.0. The Labute approximate surface area is 191 Å². The van der Waals surface area contributed by atoms with Crippen molar-refractivity contribution >= 4 is 23.2 Å². The lowest BCUT2D eigenvalue weighted by Crippen LogP contribution is -2.51. The zero-order chi connectivity index (χ0) is 23.3. The van der Waals surface area contributed by atoms with Gasteiger partial charge in [-0.2, -0.15) is 0 Å². The molecule has 1 fully saturated rings. The van der Waals surface area contributed by atoms with Gasteiger partial charge in [-0.1, -0.05) is 33.8 Å². The van der Waals surface area contributed by atoms with Crippen LogP contribution in [0.1, 0.15) is 51.4 Å². The molecule has 0 aliphatic carbocycles. The quantitative estimate of drug-likeness (QED) is 0.704. The van der Waals surface area contributed by atoms with E-state index in [2.05, 4.69) is 17.1 Å². The van der Waals surface area contributed by atoms with Gasteiger partial charge < -0.3 is 19.9 Å². The van der Waals surface area contributed by atoms with Crippen LogP contribution in [0.4, 0.5) is 11.4 Å². The highest BCUT2D eigenvalue weighted by atomic mass is 16.5. The Morgan fingerprint density at radius 3 is 2.28 bits per heavy atom. The topological polar surface area (TPSA) is 61.9 Å². The molecule has 0 saturated carbocycles. The maximum Gasteiger partial charge on any atom is 0.255 e. The van der Waals surface area contributed by atoms with Crippen LogP contribution in [0.3, 0.4) is 0 Å². The van der Waals surface area contributed by atoms with Gasteiger partial charge in [-0.15, -0.1) is 0 Å². The van der Waals surface area contributed by atoms with Crippen LogP contribution in [0, 0.1) is 5.41 Å². The summed E-state index contributed by atoms with van der Waals surface area (Å²) < 4.78 is 5.82. The third-order valence-corrected chi connectivity index (χ3v) is 5.71. The van der Waals surface area contributed by atoms with Crippen molar-refractivity contribution in [3.05, 3.63) is 54.1 Å². The first kappa shape index (κ1) is 23.6. The summed E-state index contributed by atoms with van der Waals surface area (Å²) in [5.41, 5.74) is 2.06. The summed E-state index contributed by atoms with van der Waals surface area (Å²) in [5.74, 6) is 0.738. The van der Waals surface area contributed by atoms with Crippen molar-refractivity contribution in [3.8, 4) is 5.75 Å². The van der Waals surface area contributed by atoms with Crippen molar-refractivity contribution in [3.63, 3.8) is 0 Å². The lowest BCUT2D eigenvalue weighted by Gasteiger charge is -2.38. The van der Waals surface area contributed by atoms with Gasteiger partial charge in [0.1, 0.15) is 5.75 Å². The van der Waals surface area contributed by atoms with Gasteiger partial charge in [0.05, 0.1) is 6.10 Å². The summed E-state index contributed by atoms with van der Waals surface area (Å²) in [4.78, 5) is 29.4. The fraction of sp³-hybridized carbons (Fsp3) is 0.462. The molecule has 2 aromatic rings. The highest BCUT2D eigenvalue weighted by Gasteiger charge is 2.29. The van der Waals surface area contributed by atoms with Crippen molar-refractivity contribution in [1.29, 1.82) is 0 Å². The fourth-order valence-electron chi connectivity index (χ4n) is 3.63. The van der Waals surface area contributed by atoms with E-state index in [9.17, 15) is 9.59 Å². The van der Waals surface area contributed by atoms with E-state index in [0.29, 0.717) is 11.3 Å². The summed E-state index contributed by atoms with van der Waals surface area (Å²) in [7, 11) is 0. The molecule has 0 aromatic heterocycles. The van der Waals surface area contributed by atoms with E-state index in [-0.39, 0.29) is 23.3 Å². The van der Waals surface area contributed by atoms with Crippen LogP contribution < -0.4 is 15.0 Å². The van der Waals surface area contributed by atoms with Crippen molar-refractivity contribution in [2.24, 2.45) is 5.41 Å². The van der Waals surface area contributed by atoms with E-state index in [0.717, 1.165) is 44.0 Å². The lowest BCUT2D eigenvalue weighted by atomic mass is 9.94. The van der Waals surface area contributed by atoms with Crippen molar-refractivity contribution in [1.82, 2.24) is 4.90 Å². The predicted molar refractivity (Wildman–Crippen MR) is 129 cm³/mol. The molecule has 6 nitrogen and oxygen atoms in total. The van der Waals surface area contributed by atoms with Crippen molar-refractivity contribution < 1.29 is 14.3 Å². The third-order valence-electron chi connectivity index (χ3n) is 5.71. The van der Waals surface area contributed by atoms with Gasteiger partial charge >= 0.3 is 0 Å². The molecule has 1 atom stereocenters. The van der Waals surface area contributed by atoms with Crippen LogP contribution in [0.2, 0.25) is 0 Å². The zero-order valence-electron chi connectivity index (χ0n) is 19.9. The zero-order valence-corrected chi connectivity index (χ0v) is 19.9. The molecule has 1 saturated heterocycles. The number of nitrogens with zero attached hydrogens (tertiary/aromatic N) is 2. The summed E-state index contributed by atoms with van der Waals surface area (Å²) in [6, 6.07) is 15.1. The normalized spacial score (nSPS) is 15.3. The van der Waals surface area contributed by atoms with Gasteiger partial charge in [0.15, 0.2) is 0 Å². The molecule has 0 bridgehead atoms. The van der Waals surface area contributed by atoms with Crippen LogP contribution in [0.5, 0.6) is 5.75 Å². The van der Waals surface area contributed by atoms with Gasteiger partial charge in [0, 0.05) is 48.5 Å². The van der Waals surface area contributed by atoms with Crippen molar-refractivity contribution in [2.75, 3.05) is 36.4 Å². The lowest BCUT2D eigenvalue weighted by molar-refractivity contribution is -0.139. The van der Waals surface area contributed by atoms with Crippen LogP contribution in [0.25, 0.3) is 0 Å². The predicted octanol–water partition coefficient (Wildman–Crippen LogP) is 4.81. The highest BCUT2D eigenvalue weighted by Crippen LogP contribution is 2.23. The molecule has 6 heteroatoms. The minimum atomic E-state index is -0.345. The second kappa shape index (κ2) is 10.1. The minimum absolute atomic E-state index is 0.106. The highest BCUT2D eigenvalue weighted by molar-refractivity contribution is 6.04. The molecule has 2 amide bonds. The van der Waals surface area contributed by atoms with Crippen LogP contribution >= 0.6 is 0 Å². The Bertz CT molecular complexity index is 926. The molecule has 1 aliphatic heterocycles. The molecule has 0 spiro atoms. The molecule has 172 valence electrons. The minimum Gasteiger partial charge on any atom is -0.491 e. The van der Waals surface area contributed by atoms with Gasteiger partial charge in [-0.05, 0) is 55.8 Å². The molecule has 32 heavy (non-hydrogen) atoms. The summed E-state index contributed by atoms with van der Waals surface area (Å²) in [5, 5.41) is 2.96. The number of hydrogen-bond donors (Lipinski definition) is 1. The van der Waals surface area contributed by atoms with E-state index in [1.807, 2.05) is 69.0 Å². The average Bonchev–Trinajstić information content (AvgIpc) is 2.78. The molecule has 0 unspecified atom stereocenters. The van der Waals surface area contributed by atoms with E-state index in [4.69, 9.17) is 4.74 Å². The Balaban J connectivity index is 1.57. The molecular formula is C26H35N3O3. The number of ether oxygens (including phenoxy) is 1. The first-order valence-corrected chi connectivity index (χ1v) is 11.4. The largest absolute Gasteiger partial charge is 0.491 e. The number of carbonyl (C=O) groups is 2. The number of anilines is 2. The van der Waals surface area contributed by atoms with E-state index in [1.165, 1.54) is 0 Å². The fourth-order valence-corrected chi connectivity index (χ4v) is 3.63. The number of amides is 2. The first-order valence-electron chi connectivity index (χ1n) is 11.4. The van der Waals surface area contributed by atoms with Crippen LogP contribution in [-0.4, -0.2) is 49.0 Å². The van der Waals surface area contributed by atoms with Crippen LogP contribution in [-0.2, 0) is 4.79 Å². The standard InChI is InChI=1S/C26H35N3O3/c1-6-19(2)32-23-9-7-8-20(18-23)24(30)27-21-10-12-22(13-11-21)28-14-16-29(17-15-28)25(31)26(3,4)5/h7-13,18-19H,6,14-17H2,1-5H3,(H,27,30)/t19-/m0/s1. The average molecular weight is 438 g/mol. The maximum atomic E-state index is 12.7. The van der Waals surface area contributed by atoms with E-state index < -0.39 is 0 Å². The number of carbonyl (C=O) groups excluding carboxylic acids is 2. The molecule has 1 N–H and O–H groups in total. The van der Waals surface area contributed by atoms with Gasteiger partial charge in [0.2, 0.25) is 5.91 Å². The molecule has 1 heterocycles. The van der Waals surface area contributed by atoms with Gasteiger partial charge in [-0.3, -0.25) is 9.59 Å². The first-order chi connectivity index (χ1) is 15.2. The summed E-state index contributed by atoms with van der Waals surface area (Å²) >= 11 is 0. The Hall–Kier alpha value is -3.02. The van der Waals surface area contributed by atoms with Crippen LogP contribution in [0.15, 0.2) is 48.5 Å². The molecule has 2 aromatic carbocycles. The van der Waals surface area contributed by atoms with Gasteiger partial charge in [0.25, 0.3) is 5.91 Å². The summed E-state index contributed by atoms with van der Waals surface area (Å²) in [6.07, 6.45) is 1.01. The Morgan fingerprint density at radius 1 is 1.03 bits per heavy atom. The number of hydrogen-bond acceptors (Lipinski definition) is 4. The molecule has 3 rings (SSSR count). The molecule has 0 radical (unpaired) electrons. The monoisotopic (exact) mass is 437 g/mol. The second-order valence-corrected chi connectivity index (χ2v) is 9.39. The SMILES string of the molecule is CC[C@H](C)Oc1cccc(C(=O)Nc2ccc(N3CCN(C(=O)C(C)(C)C)CC3)cc2)c1. The third kappa shape index (κ3) is 6.02. The van der Waals surface area contributed by atoms with Gasteiger partial charge in [-0.25, -0.2) is 0 Å². The number of benzene rings is 2. The van der Waals surface area contributed by atoms with Crippen molar-refractivity contribution in [2.45, 2.75) is 47.1 Å². The molecule has 1 aliphatic rings. The molecular weight excluding hydrogens is 402 g/mol. The maximum absolute atomic E-state index is 12.7. The Kier molecular flexibility index (Phi) is 7.44. The Morgan fingerprint density at radius 2 is 1.69 bits per heavy atom. The number of piperazine rings is 1. The second-order valence-electron chi connectivity index (χ2n) is 9.39.